The van der Waals surface area contributed by atoms with Crippen molar-refractivity contribution < 1.29 is 15.0 Å². The van der Waals surface area contributed by atoms with Gasteiger partial charge >= 0.3 is 5.97 Å². The molecule has 0 spiro atoms. The van der Waals surface area contributed by atoms with Crippen molar-refractivity contribution in [3.8, 4) is 0 Å². The van der Waals surface area contributed by atoms with E-state index in [1.54, 1.807) is 0 Å². The second-order valence-electron chi connectivity index (χ2n) is 7.63. The fraction of sp³-hybridized carbons (Fsp3) is 0.792. The Balaban J connectivity index is 3.22. The fourth-order valence-corrected chi connectivity index (χ4v) is 3.12. The number of unbranched alkanes of at least 4 members (excludes halogenated alkanes) is 13. The number of allylic oxidation sites excluding steroid dienone is 4. The summed E-state index contributed by atoms with van der Waals surface area (Å²) >= 11 is 0. The molecule has 0 aliphatic heterocycles. The third-order valence-corrected chi connectivity index (χ3v) is 4.93. The van der Waals surface area contributed by atoms with Gasteiger partial charge in [0, 0.05) is 0 Å². The standard InChI is InChI=1S/C24H44O3/c1-2-3-4-5-6-7-8-9-10-11-12-13-14-15-16-17-18-19-20-21-22-23(25)24(26)27/h9-10,15-16,23,25H,2-8,11-14,17-22H2,1H3,(H,26,27). The van der Waals surface area contributed by atoms with Gasteiger partial charge in [-0.2, -0.15) is 0 Å². The maximum Gasteiger partial charge on any atom is 0.332 e. The number of carboxylic acids is 1. The van der Waals surface area contributed by atoms with Crippen LogP contribution in [0.25, 0.3) is 0 Å². The summed E-state index contributed by atoms with van der Waals surface area (Å²) in [6.07, 6.45) is 28.1. The molecule has 158 valence electrons. The lowest BCUT2D eigenvalue weighted by Crippen LogP contribution is -2.18. The molecule has 0 aromatic rings. The summed E-state index contributed by atoms with van der Waals surface area (Å²) in [6, 6.07) is 0. The minimum Gasteiger partial charge on any atom is -0.479 e. The molecule has 0 radical (unpaired) electrons. The zero-order chi connectivity index (χ0) is 20.0. The lowest BCUT2D eigenvalue weighted by Gasteiger charge is -2.04. The lowest BCUT2D eigenvalue weighted by atomic mass is 10.1. The molecule has 0 aliphatic rings. The third-order valence-electron chi connectivity index (χ3n) is 4.93. The molecule has 27 heavy (non-hydrogen) atoms. The molecular weight excluding hydrogens is 336 g/mol. The highest BCUT2D eigenvalue weighted by molar-refractivity contribution is 5.71. The molecule has 2 N–H and O–H groups in total. The van der Waals surface area contributed by atoms with Gasteiger partial charge in [-0.3, -0.25) is 0 Å². The summed E-state index contributed by atoms with van der Waals surface area (Å²) in [4.78, 5) is 10.5. The highest BCUT2D eigenvalue weighted by Gasteiger charge is 2.11. The minimum absolute atomic E-state index is 0.374. The van der Waals surface area contributed by atoms with E-state index in [9.17, 15) is 4.79 Å². The molecule has 3 heteroatoms. The van der Waals surface area contributed by atoms with Crippen LogP contribution in [0, 0.1) is 0 Å². The van der Waals surface area contributed by atoms with Gasteiger partial charge in [-0.05, 0) is 57.8 Å². The molecule has 1 unspecified atom stereocenters. The van der Waals surface area contributed by atoms with E-state index < -0.39 is 12.1 Å². The molecule has 0 rings (SSSR count). The van der Waals surface area contributed by atoms with E-state index in [0.29, 0.717) is 6.42 Å². The van der Waals surface area contributed by atoms with Gasteiger partial charge in [-0.15, -0.1) is 0 Å². The zero-order valence-corrected chi connectivity index (χ0v) is 17.7. The third kappa shape index (κ3) is 21.1. The number of aliphatic carboxylic acids is 1. The molecular formula is C24H44O3. The molecule has 1 atom stereocenters. The molecule has 0 aliphatic carbocycles. The lowest BCUT2D eigenvalue weighted by molar-refractivity contribution is -0.146. The highest BCUT2D eigenvalue weighted by Crippen LogP contribution is 2.10. The first-order chi connectivity index (χ1) is 13.2. The summed E-state index contributed by atoms with van der Waals surface area (Å²) in [6.45, 7) is 2.27. The predicted molar refractivity (Wildman–Crippen MR) is 116 cm³/mol. The van der Waals surface area contributed by atoms with Gasteiger partial charge in [0.05, 0.1) is 0 Å². The molecule has 0 heterocycles. The number of hydrogen-bond acceptors (Lipinski definition) is 2. The van der Waals surface area contributed by atoms with Gasteiger partial charge < -0.3 is 10.2 Å². The van der Waals surface area contributed by atoms with Gasteiger partial charge in [0.25, 0.3) is 0 Å². The Bertz CT molecular complexity index is 374. The SMILES string of the molecule is CCCCCCCCC=CCCCCC=CCCCCCCC(O)C(=O)O. The van der Waals surface area contributed by atoms with Gasteiger partial charge in [0.2, 0.25) is 0 Å². The first kappa shape index (κ1) is 25.9. The Labute approximate surface area is 168 Å². The van der Waals surface area contributed by atoms with E-state index in [4.69, 9.17) is 10.2 Å². The molecule has 0 saturated heterocycles. The van der Waals surface area contributed by atoms with Gasteiger partial charge in [-0.1, -0.05) is 82.6 Å². The van der Waals surface area contributed by atoms with E-state index >= 15 is 0 Å². The topological polar surface area (TPSA) is 57.5 Å². The summed E-state index contributed by atoms with van der Waals surface area (Å²) < 4.78 is 0. The summed E-state index contributed by atoms with van der Waals surface area (Å²) in [7, 11) is 0. The number of aliphatic hydroxyl groups excluding tert-OH is 1. The maximum atomic E-state index is 10.5. The van der Waals surface area contributed by atoms with E-state index in [0.717, 1.165) is 32.1 Å². The van der Waals surface area contributed by atoms with Crippen LogP contribution < -0.4 is 0 Å². The Morgan fingerprint density at radius 2 is 1.04 bits per heavy atom. The van der Waals surface area contributed by atoms with Crippen LogP contribution in [0.2, 0.25) is 0 Å². The molecule has 0 amide bonds. The molecule has 0 aromatic heterocycles. The Morgan fingerprint density at radius 3 is 1.48 bits per heavy atom. The highest BCUT2D eigenvalue weighted by atomic mass is 16.4. The molecule has 0 fully saturated rings. The number of carbonyl (C=O) groups is 1. The molecule has 3 nitrogen and oxygen atoms in total. The van der Waals surface area contributed by atoms with E-state index in [1.165, 1.54) is 70.6 Å². The molecule has 0 bridgehead atoms. The quantitative estimate of drug-likeness (QED) is 0.173. The minimum atomic E-state index is -1.18. The zero-order valence-electron chi connectivity index (χ0n) is 17.7. The van der Waals surface area contributed by atoms with E-state index in [1.807, 2.05) is 0 Å². The fourth-order valence-electron chi connectivity index (χ4n) is 3.12. The van der Waals surface area contributed by atoms with Crippen LogP contribution in [0.15, 0.2) is 24.3 Å². The van der Waals surface area contributed by atoms with Gasteiger partial charge in [-0.25, -0.2) is 4.79 Å². The van der Waals surface area contributed by atoms with Crippen molar-refractivity contribution in [2.24, 2.45) is 0 Å². The maximum absolute atomic E-state index is 10.5. The monoisotopic (exact) mass is 380 g/mol. The van der Waals surface area contributed by atoms with Crippen molar-refractivity contribution in [2.75, 3.05) is 0 Å². The number of rotatable bonds is 20. The molecule has 0 saturated carbocycles. The smallest absolute Gasteiger partial charge is 0.332 e. The van der Waals surface area contributed by atoms with Crippen molar-refractivity contribution in [3.63, 3.8) is 0 Å². The second kappa shape index (κ2) is 21.2. The van der Waals surface area contributed by atoms with Crippen LogP contribution in [0.4, 0.5) is 0 Å². The van der Waals surface area contributed by atoms with Crippen molar-refractivity contribution in [1.82, 2.24) is 0 Å². The average molecular weight is 381 g/mol. The normalized spacial score (nSPS) is 13.0. The Hall–Kier alpha value is -1.09. The summed E-state index contributed by atoms with van der Waals surface area (Å²) in [5, 5.41) is 17.7. The van der Waals surface area contributed by atoms with E-state index in [2.05, 4.69) is 31.2 Å². The second-order valence-corrected chi connectivity index (χ2v) is 7.63. The summed E-state index contributed by atoms with van der Waals surface area (Å²) in [5.74, 6) is -1.11. The van der Waals surface area contributed by atoms with Crippen LogP contribution in [-0.2, 0) is 4.79 Å². The van der Waals surface area contributed by atoms with Gasteiger partial charge in [0.1, 0.15) is 0 Å². The Morgan fingerprint density at radius 1 is 0.667 bits per heavy atom. The van der Waals surface area contributed by atoms with Crippen molar-refractivity contribution in [3.05, 3.63) is 24.3 Å². The number of aliphatic hydroxyl groups is 1. The predicted octanol–water partition coefficient (Wildman–Crippen LogP) is 7.20. The van der Waals surface area contributed by atoms with E-state index in [-0.39, 0.29) is 0 Å². The summed E-state index contributed by atoms with van der Waals surface area (Å²) in [5.41, 5.74) is 0. The van der Waals surface area contributed by atoms with Crippen LogP contribution in [0.1, 0.15) is 116 Å². The van der Waals surface area contributed by atoms with Crippen molar-refractivity contribution in [1.29, 1.82) is 0 Å². The van der Waals surface area contributed by atoms with Gasteiger partial charge in [0.15, 0.2) is 6.10 Å². The largest absolute Gasteiger partial charge is 0.479 e. The Kier molecular flexibility index (Phi) is 20.4. The van der Waals surface area contributed by atoms with Crippen LogP contribution in [0.3, 0.4) is 0 Å². The number of hydrogen-bond donors (Lipinski definition) is 2. The number of carboxylic acid groups (broad SMARTS) is 1. The van der Waals surface area contributed by atoms with Crippen LogP contribution in [0.5, 0.6) is 0 Å². The first-order valence-corrected chi connectivity index (χ1v) is 11.4. The van der Waals surface area contributed by atoms with Crippen LogP contribution >= 0.6 is 0 Å². The van der Waals surface area contributed by atoms with Crippen molar-refractivity contribution >= 4 is 5.97 Å². The van der Waals surface area contributed by atoms with Crippen molar-refractivity contribution in [2.45, 2.75) is 122 Å². The molecule has 0 aromatic carbocycles. The first-order valence-electron chi connectivity index (χ1n) is 11.4. The van der Waals surface area contributed by atoms with Crippen LogP contribution in [-0.4, -0.2) is 22.3 Å². The average Bonchev–Trinajstić information content (AvgIpc) is 2.66.